The van der Waals surface area contributed by atoms with Crippen LogP contribution < -0.4 is 0 Å². The van der Waals surface area contributed by atoms with Crippen molar-refractivity contribution in [3.8, 4) is 0 Å². The van der Waals surface area contributed by atoms with Gasteiger partial charge in [0.05, 0.1) is 5.92 Å². The van der Waals surface area contributed by atoms with Gasteiger partial charge in [-0.2, -0.15) is 0 Å². The fourth-order valence-corrected chi connectivity index (χ4v) is 10.7. The van der Waals surface area contributed by atoms with Crippen LogP contribution in [0, 0.1) is 51.8 Å². The third-order valence-electron chi connectivity index (χ3n) is 12.0. The van der Waals surface area contributed by atoms with Crippen molar-refractivity contribution in [1.29, 1.82) is 0 Å². The van der Waals surface area contributed by atoms with Gasteiger partial charge in [-0.3, -0.25) is 9.59 Å². The van der Waals surface area contributed by atoms with Gasteiger partial charge in [-0.25, -0.2) is 0 Å². The lowest BCUT2D eigenvalue weighted by molar-refractivity contribution is -0.185. The smallest absolute Gasteiger partial charge is 0.303 e. The van der Waals surface area contributed by atoms with E-state index in [0.29, 0.717) is 17.6 Å². The van der Waals surface area contributed by atoms with Crippen molar-refractivity contribution >= 4 is 11.8 Å². The molecule has 0 radical (unpaired) electrons. The lowest BCUT2D eigenvalue weighted by Gasteiger charge is -2.68. The van der Waals surface area contributed by atoms with Crippen molar-refractivity contribution in [2.75, 3.05) is 20.1 Å². The molecule has 5 rings (SSSR count). The minimum absolute atomic E-state index is 0.0341. The summed E-state index contributed by atoms with van der Waals surface area (Å²) in [7, 11) is 2.24. The summed E-state index contributed by atoms with van der Waals surface area (Å²) in [4.78, 5) is 28.9. The average Bonchev–Trinajstić information content (AvgIpc) is 3.14. The van der Waals surface area contributed by atoms with Crippen LogP contribution in [0.5, 0.6) is 0 Å². The van der Waals surface area contributed by atoms with Gasteiger partial charge in [0.25, 0.3) is 0 Å². The largest absolute Gasteiger partial charge is 0.458 e. The standard InChI is InChI=1S/C32H51NO3/c1-20(2)9-8-10-21(3)25-11-12-27-30(25,5)16-14-28-31(6)15-13-23(36-22(4)34)17-26(31)24-18-33(7)19-32(27,28)29(24)35/h17,20-21,23-25,27-28H,8-16,18-19H2,1-7H3/t21-,23+,24?,25-,27-,28-,30-,31+,32?/m1/s1. The highest BCUT2D eigenvalue weighted by Crippen LogP contribution is 2.73. The summed E-state index contributed by atoms with van der Waals surface area (Å²) in [6, 6.07) is 0. The number of nitrogens with zero attached hydrogens (tertiary/aromatic N) is 1. The molecule has 1 aliphatic heterocycles. The van der Waals surface area contributed by atoms with E-state index in [-0.39, 0.29) is 34.2 Å². The molecule has 1 saturated heterocycles. The molecule has 2 bridgehead atoms. The zero-order chi connectivity index (χ0) is 26.0. The number of Topliss-reactive ketones (excluding diaryl/α,β-unsaturated/α-hetero) is 1. The normalized spacial score (nSPS) is 44.9. The summed E-state index contributed by atoms with van der Waals surface area (Å²) >= 11 is 0. The first-order valence-electron chi connectivity index (χ1n) is 15.1. The van der Waals surface area contributed by atoms with Gasteiger partial charge >= 0.3 is 5.97 Å². The second-order valence-electron chi connectivity index (χ2n) is 14.5. The van der Waals surface area contributed by atoms with Crippen LogP contribution in [0.3, 0.4) is 0 Å². The summed E-state index contributed by atoms with van der Waals surface area (Å²) < 4.78 is 5.65. The SMILES string of the molecule is CC(=O)O[C@@H]1C=C2C3CN(C)CC4(C3=O)[C@@H]3CC[C@H]([C@H](C)CCCC(C)C)[C@@]3(C)CC[C@@H]4[C@@]2(C)CC1. The van der Waals surface area contributed by atoms with Crippen molar-refractivity contribution in [2.24, 2.45) is 51.8 Å². The fourth-order valence-electron chi connectivity index (χ4n) is 10.7. The number of ketones is 1. The van der Waals surface area contributed by atoms with Crippen molar-refractivity contribution in [3.63, 3.8) is 0 Å². The molecule has 0 aromatic carbocycles. The number of ether oxygens (including phenoxy) is 1. The van der Waals surface area contributed by atoms with Gasteiger partial charge in [0.15, 0.2) is 0 Å². The van der Waals surface area contributed by atoms with E-state index in [0.717, 1.165) is 43.7 Å². The Hall–Kier alpha value is -1.16. The van der Waals surface area contributed by atoms with Crippen LogP contribution in [0.4, 0.5) is 0 Å². The first-order valence-corrected chi connectivity index (χ1v) is 15.1. The van der Waals surface area contributed by atoms with Crippen LogP contribution in [0.25, 0.3) is 0 Å². The highest BCUT2D eigenvalue weighted by molar-refractivity contribution is 5.93. The molecule has 0 amide bonds. The second kappa shape index (κ2) is 9.24. The first kappa shape index (κ1) is 26.4. The molecule has 9 atom stereocenters. The summed E-state index contributed by atoms with van der Waals surface area (Å²) in [5, 5.41) is 0. The summed E-state index contributed by atoms with van der Waals surface area (Å²) in [5.74, 6) is 3.48. The van der Waals surface area contributed by atoms with E-state index in [1.54, 1.807) is 0 Å². The molecule has 2 unspecified atom stereocenters. The Kier molecular flexibility index (Phi) is 6.79. The third-order valence-corrected chi connectivity index (χ3v) is 12.0. The summed E-state index contributed by atoms with van der Waals surface area (Å²) in [6.07, 6.45) is 12.9. The molecule has 4 nitrogen and oxygen atoms in total. The molecule has 202 valence electrons. The van der Waals surface area contributed by atoms with Gasteiger partial charge < -0.3 is 9.64 Å². The van der Waals surface area contributed by atoms with Crippen LogP contribution in [-0.4, -0.2) is 42.9 Å². The van der Waals surface area contributed by atoms with E-state index < -0.39 is 0 Å². The Morgan fingerprint density at radius 1 is 1.08 bits per heavy atom. The molecule has 3 saturated carbocycles. The van der Waals surface area contributed by atoms with Crippen molar-refractivity contribution in [1.82, 2.24) is 4.90 Å². The molecule has 36 heavy (non-hydrogen) atoms. The van der Waals surface area contributed by atoms with Gasteiger partial charge in [-0.1, -0.05) is 59.5 Å². The summed E-state index contributed by atoms with van der Waals surface area (Å²) in [5.41, 5.74) is 1.42. The van der Waals surface area contributed by atoms with Gasteiger partial charge in [0, 0.05) is 25.4 Å². The number of carbonyl (C=O) groups is 2. The number of esters is 1. The van der Waals surface area contributed by atoms with Crippen LogP contribution in [-0.2, 0) is 14.3 Å². The van der Waals surface area contributed by atoms with E-state index in [2.05, 4.69) is 52.6 Å². The minimum Gasteiger partial charge on any atom is -0.458 e. The quantitative estimate of drug-likeness (QED) is 0.303. The maximum Gasteiger partial charge on any atom is 0.303 e. The lowest BCUT2D eigenvalue weighted by atomic mass is 9.37. The predicted octanol–water partition coefficient (Wildman–Crippen LogP) is 6.68. The van der Waals surface area contributed by atoms with Crippen molar-refractivity contribution in [3.05, 3.63) is 11.6 Å². The average molecular weight is 498 g/mol. The molecular weight excluding hydrogens is 446 g/mol. The van der Waals surface area contributed by atoms with E-state index in [4.69, 9.17) is 4.74 Å². The molecule has 0 N–H and O–H groups in total. The van der Waals surface area contributed by atoms with Gasteiger partial charge in [-0.05, 0) is 92.1 Å². The van der Waals surface area contributed by atoms with Gasteiger partial charge in [0.2, 0.25) is 0 Å². The number of hydrogen-bond acceptors (Lipinski definition) is 4. The van der Waals surface area contributed by atoms with Crippen LogP contribution in [0.2, 0.25) is 0 Å². The highest BCUT2D eigenvalue weighted by Gasteiger charge is 2.72. The first-order chi connectivity index (χ1) is 16.9. The van der Waals surface area contributed by atoms with E-state index in [1.807, 2.05) is 0 Å². The maximum atomic E-state index is 14.7. The molecule has 4 aliphatic carbocycles. The number of carbonyl (C=O) groups excluding carboxylic acids is 2. The lowest BCUT2D eigenvalue weighted by Crippen LogP contribution is -2.71. The third kappa shape index (κ3) is 3.86. The van der Waals surface area contributed by atoms with Crippen LogP contribution in [0.15, 0.2) is 11.6 Å². The number of hydrogen-bond donors (Lipinski definition) is 0. The molecule has 0 aromatic rings. The predicted molar refractivity (Wildman–Crippen MR) is 144 cm³/mol. The second-order valence-corrected chi connectivity index (χ2v) is 14.5. The number of rotatable bonds is 6. The topological polar surface area (TPSA) is 46.6 Å². The Morgan fingerprint density at radius 2 is 1.83 bits per heavy atom. The minimum atomic E-state index is -0.217. The van der Waals surface area contributed by atoms with Crippen molar-refractivity contribution < 1.29 is 14.3 Å². The number of likely N-dealkylation sites (tertiary alicyclic amines) is 1. The molecule has 1 spiro atoms. The Balaban J connectivity index is 1.49. The van der Waals surface area contributed by atoms with Gasteiger partial charge in [-0.15, -0.1) is 0 Å². The maximum absolute atomic E-state index is 14.7. The Bertz CT molecular complexity index is 924. The molecule has 4 fully saturated rings. The van der Waals surface area contributed by atoms with E-state index in [9.17, 15) is 9.59 Å². The van der Waals surface area contributed by atoms with Crippen LogP contribution >= 0.6 is 0 Å². The zero-order valence-electron chi connectivity index (χ0n) is 24.1. The molecule has 4 heteroatoms. The molecule has 0 aromatic heterocycles. The Morgan fingerprint density at radius 3 is 2.53 bits per heavy atom. The number of piperidine rings is 1. The Labute approximate surface area is 220 Å². The molecule has 1 heterocycles. The van der Waals surface area contributed by atoms with E-state index >= 15 is 0 Å². The monoisotopic (exact) mass is 497 g/mol. The van der Waals surface area contributed by atoms with Crippen molar-refractivity contribution in [2.45, 2.75) is 105 Å². The fraction of sp³-hybridized carbons (Fsp3) is 0.875. The molecular formula is C32H51NO3. The van der Waals surface area contributed by atoms with E-state index in [1.165, 1.54) is 57.4 Å². The number of fused-ring (bicyclic) bond motifs is 5. The molecule has 5 aliphatic rings. The van der Waals surface area contributed by atoms with Crippen LogP contribution in [0.1, 0.15) is 99.3 Å². The zero-order valence-corrected chi connectivity index (χ0v) is 24.1. The van der Waals surface area contributed by atoms with Gasteiger partial charge in [0.1, 0.15) is 11.9 Å². The summed E-state index contributed by atoms with van der Waals surface area (Å²) in [6.45, 7) is 15.5. The highest BCUT2D eigenvalue weighted by atomic mass is 16.5.